The molecule has 3 N–H and O–H groups in total. The van der Waals surface area contributed by atoms with E-state index in [-0.39, 0.29) is 5.11 Å². The van der Waals surface area contributed by atoms with Crippen molar-refractivity contribution in [3.05, 3.63) is 54.6 Å². The van der Waals surface area contributed by atoms with Gasteiger partial charge in [0.15, 0.2) is 5.11 Å². The van der Waals surface area contributed by atoms with Crippen LogP contribution in [0.15, 0.2) is 54.6 Å². The Balaban J connectivity index is 2.23. The minimum Gasteiger partial charge on any atom is -0.376 e. The summed E-state index contributed by atoms with van der Waals surface area (Å²) >= 11 is 4.77. The van der Waals surface area contributed by atoms with E-state index in [4.69, 9.17) is 18.0 Å². The highest BCUT2D eigenvalue weighted by Crippen LogP contribution is 2.20. The third kappa shape index (κ3) is 2.58. The Labute approximate surface area is 100 Å². The molecule has 80 valence electrons. The summed E-state index contributed by atoms with van der Waals surface area (Å²) in [5.74, 6) is 0. The van der Waals surface area contributed by atoms with Gasteiger partial charge in [0.1, 0.15) is 0 Å². The smallest absolute Gasteiger partial charge is 0.168 e. The summed E-state index contributed by atoms with van der Waals surface area (Å²) in [5, 5.41) is 3.18. The molecular formula is C13H12N2S. The number of rotatable bonds is 2. The molecule has 2 rings (SSSR count). The highest BCUT2D eigenvalue weighted by Gasteiger charge is 1.97. The molecule has 2 aromatic carbocycles. The van der Waals surface area contributed by atoms with E-state index in [2.05, 4.69) is 17.4 Å². The van der Waals surface area contributed by atoms with E-state index in [0.29, 0.717) is 0 Å². The molecule has 0 atom stereocenters. The molecule has 0 fully saturated rings. The first kappa shape index (κ1) is 10.6. The van der Waals surface area contributed by atoms with Gasteiger partial charge in [0.2, 0.25) is 0 Å². The second-order valence-electron chi connectivity index (χ2n) is 3.43. The zero-order valence-electron chi connectivity index (χ0n) is 8.68. The molecule has 2 aromatic rings. The maximum atomic E-state index is 5.39. The summed E-state index contributed by atoms with van der Waals surface area (Å²) < 4.78 is 0. The van der Waals surface area contributed by atoms with Gasteiger partial charge in [0.05, 0.1) is 0 Å². The van der Waals surface area contributed by atoms with Gasteiger partial charge in [-0.15, -0.1) is 0 Å². The number of benzene rings is 2. The van der Waals surface area contributed by atoms with Gasteiger partial charge >= 0.3 is 0 Å². The van der Waals surface area contributed by atoms with Crippen molar-refractivity contribution in [2.45, 2.75) is 0 Å². The van der Waals surface area contributed by atoms with Gasteiger partial charge in [0, 0.05) is 5.69 Å². The number of nitrogens with two attached hydrogens (primary N) is 1. The second-order valence-corrected chi connectivity index (χ2v) is 3.87. The second kappa shape index (κ2) is 4.77. The third-order valence-corrected chi connectivity index (χ3v) is 2.36. The van der Waals surface area contributed by atoms with E-state index >= 15 is 0 Å². The van der Waals surface area contributed by atoms with E-state index in [1.165, 1.54) is 11.1 Å². The van der Waals surface area contributed by atoms with Gasteiger partial charge < -0.3 is 11.1 Å². The fourth-order valence-corrected chi connectivity index (χ4v) is 1.64. The van der Waals surface area contributed by atoms with Crippen LogP contribution in [0.2, 0.25) is 0 Å². The first-order chi connectivity index (χ1) is 7.75. The van der Waals surface area contributed by atoms with Crippen LogP contribution < -0.4 is 11.1 Å². The fraction of sp³-hybridized carbons (Fsp3) is 0. The molecule has 0 heterocycles. The summed E-state index contributed by atoms with van der Waals surface area (Å²) in [6, 6.07) is 18.2. The molecule has 0 radical (unpaired) electrons. The van der Waals surface area contributed by atoms with E-state index in [1.807, 2.05) is 42.5 Å². The Kier molecular flexibility index (Phi) is 3.17. The summed E-state index contributed by atoms with van der Waals surface area (Å²) in [7, 11) is 0. The SMILES string of the molecule is NC(=S)Nc1ccc(-c2ccccc2)cc1. The van der Waals surface area contributed by atoms with E-state index in [9.17, 15) is 0 Å². The highest BCUT2D eigenvalue weighted by molar-refractivity contribution is 7.80. The molecule has 3 heteroatoms. The van der Waals surface area contributed by atoms with Crippen LogP contribution in [-0.2, 0) is 0 Å². The molecule has 0 saturated heterocycles. The van der Waals surface area contributed by atoms with E-state index in [1.54, 1.807) is 0 Å². The Morgan fingerprint density at radius 2 is 1.44 bits per heavy atom. The predicted octanol–water partition coefficient (Wildman–Crippen LogP) is 3.01. The van der Waals surface area contributed by atoms with Gasteiger partial charge in [-0.05, 0) is 35.5 Å². The van der Waals surface area contributed by atoms with Crippen LogP contribution in [0, 0.1) is 0 Å². The molecule has 0 aliphatic carbocycles. The first-order valence-corrected chi connectivity index (χ1v) is 5.38. The van der Waals surface area contributed by atoms with Crippen molar-refractivity contribution in [3.8, 4) is 11.1 Å². The molecule has 0 unspecified atom stereocenters. The number of anilines is 1. The summed E-state index contributed by atoms with van der Waals surface area (Å²) in [6.07, 6.45) is 0. The van der Waals surface area contributed by atoms with Crippen LogP contribution in [0.25, 0.3) is 11.1 Å². The molecule has 0 bridgehead atoms. The topological polar surface area (TPSA) is 38.0 Å². The quantitative estimate of drug-likeness (QED) is 0.776. The van der Waals surface area contributed by atoms with Crippen LogP contribution in [0.3, 0.4) is 0 Å². The van der Waals surface area contributed by atoms with Crippen molar-refractivity contribution in [2.24, 2.45) is 5.73 Å². The van der Waals surface area contributed by atoms with Crippen molar-refractivity contribution in [1.82, 2.24) is 0 Å². The molecule has 0 spiro atoms. The molecule has 0 aliphatic heterocycles. The summed E-state index contributed by atoms with van der Waals surface area (Å²) in [5.41, 5.74) is 8.68. The lowest BCUT2D eigenvalue weighted by Gasteiger charge is -2.05. The van der Waals surface area contributed by atoms with Gasteiger partial charge in [-0.1, -0.05) is 42.5 Å². The Bertz CT molecular complexity index is 477. The zero-order chi connectivity index (χ0) is 11.4. The molecular weight excluding hydrogens is 216 g/mol. The largest absolute Gasteiger partial charge is 0.376 e. The van der Waals surface area contributed by atoms with Crippen LogP contribution >= 0.6 is 12.2 Å². The van der Waals surface area contributed by atoms with Crippen molar-refractivity contribution >= 4 is 23.0 Å². The summed E-state index contributed by atoms with van der Waals surface area (Å²) in [6.45, 7) is 0. The normalized spacial score (nSPS) is 9.75. The van der Waals surface area contributed by atoms with Crippen molar-refractivity contribution in [3.63, 3.8) is 0 Å². The Morgan fingerprint density at radius 3 is 2.00 bits per heavy atom. The monoisotopic (exact) mass is 228 g/mol. The lowest BCUT2D eigenvalue weighted by molar-refractivity contribution is 1.58. The average molecular weight is 228 g/mol. The van der Waals surface area contributed by atoms with E-state index < -0.39 is 0 Å². The molecule has 0 aromatic heterocycles. The zero-order valence-corrected chi connectivity index (χ0v) is 9.50. The lowest BCUT2D eigenvalue weighted by Crippen LogP contribution is -2.18. The van der Waals surface area contributed by atoms with Crippen LogP contribution in [0.1, 0.15) is 0 Å². The molecule has 0 aliphatic rings. The van der Waals surface area contributed by atoms with Gasteiger partial charge in [-0.25, -0.2) is 0 Å². The minimum absolute atomic E-state index is 0.285. The molecule has 2 nitrogen and oxygen atoms in total. The van der Waals surface area contributed by atoms with Crippen LogP contribution in [0.4, 0.5) is 5.69 Å². The standard InChI is InChI=1S/C13H12N2S/c14-13(16)15-12-8-6-11(7-9-12)10-4-2-1-3-5-10/h1-9H,(H3,14,15,16). The summed E-state index contributed by atoms with van der Waals surface area (Å²) in [4.78, 5) is 0. The minimum atomic E-state index is 0.285. The maximum absolute atomic E-state index is 5.39. The van der Waals surface area contributed by atoms with Crippen LogP contribution in [-0.4, -0.2) is 5.11 Å². The van der Waals surface area contributed by atoms with E-state index in [0.717, 1.165) is 5.69 Å². The number of hydrogen-bond acceptors (Lipinski definition) is 1. The van der Waals surface area contributed by atoms with Gasteiger partial charge in [-0.2, -0.15) is 0 Å². The van der Waals surface area contributed by atoms with Crippen molar-refractivity contribution in [1.29, 1.82) is 0 Å². The third-order valence-electron chi connectivity index (χ3n) is 2.26. The number of nitrogens with one attached hydrogen (secondary N) is 1. The maximum Gasteiger partial charge on any atom is 0.168 e. The van der Waals surface area contributed by atoms with Crippen molar-refractivity contribution < 1.29 is 0 Å². The average Bonchev–Trinajstić information content (AvgIpc) is 2.30. The van der Waals surface area contributed by atoms with Gasteiger partial charge in [-0.3, -0.25) is 0 Å². The van der Waals surface area contributed by atoms with Crippen LogP contribution in [0.5, 0.6) is 0 Å². The molecule has 0 amide bonds. The first-order valence-electron chi connectivity index (χ1n) is 4.97. The number of hydrogen-bond donors (Lipinski definition) is 2. The number of thiocarbonyl (C=S) groups is 1. The Morgan fingerprint density at radius 1 is 0.875 bits per heavy atom. The lowest BCUT2D eigenvalue weighted by atomic mass is 10.1. The molecule has 16 heavy (non-hydrogen) atoms. The Hall–Kier alpha value is -1.87. The fourth-order valence-electron chi connectivity index (χ4n) is 1.52. The van der Waals surface area contributed by atoms with Gasteiger partial charge in [0.25, 0.3) is 0 Å². The molecule has 0 saturated carbocycles. The predicted molar refractivity (Wildman–Crippen MR) is 72.3 cm³/mol. The van der Waals surface area contributed by atoms with Crippen molar-refractivity contribution in [2.75, 3.05) is 5.32 Å². The highest BCUT2D eigenvalue weighted by atomic mass is 32.1.